The molecule has 1 unspecified atom stereocenters. The molecule has 7 nitrogen and oxygen atoms in total. The summed E-state index contributed by atoms with van der Waals surface area (Å²) in [6.45, 7) is 3.93. The van der Waals surface area contributed by atoms with E-state index in [9.17, 15) is 14.4 Å². The lowest BCUT2D eigenvalue weighted by molar-refractivity contribution is -0.132. The predicted molar refractivity (Wildman–Crippen MR) is 106 cm³/mol. The van der Waals surface area contributed by atoms with E-state index in [4.69, 9.17) is 4.74 Å². The standard InChI is InChI=1S/C20H25N3O4S/c1-2-15-11-22(20(26)27-15)14-7-9-21(10-8-14)18(24)12-23-16-5-3-4-6-17(16)28-13-19(23)25/h3-6,14-15H,2,7-13H2,1H3. The third-order valence-corrected chi connectivity index (χ3v) is 6.76. The highest BCUT2D eigenvalue weighted by Crippen LogP contribution is 2.35. The molecule has 150 valence electrons. The largest absolute Gasteiger partial charge is 0.444 e. The zero-order valence-corrected chi connectivity index (χ0v) is 16.8. The normalized spacial score (nSPS) is 23.0. The van der Waals surface area contributed by atoms with Gasteiger partial charge in [-0.25, -0.2) is 4.79 Å². The summed E-state index contributed by atoms with van der Waals surface area (Å²) in [6.07, 6.45) is 2.07. The van der Waals surface area contributed by atoms with Gasteiger partial charge in [0.25, 0.3) is 0 Å². The van der Waals surface area contributed by atoms with Crippen molar-refractivity contribution in [3.63, 3.8) is 0 Å². The quantitative estimate of drug-likeness (QED) is 0.772. The van der Waals surface area contributed by atoms with Gasteiger partial charge in [0.05, 0.1) is 18.0 Å². The van der Waals surface area contributed by atoms with Gasteiger partial charge in [-0.1, -0.05) is 19.1 Å². The Morgan fingerprint density at radius 3 is 2.68 bits per heavy atom. The van der Waals surface area contributed by atoms with Gasteiger partial charge in [-0.2, -0.15) is 0 Å². The van der Waals surface area contributed by atoms with Crippen LogP contribution in [-0.4, -0.2) is 71.8 Å². The van der Waals surface area contributed by atoms with Gasteiger partial charge in [-0.15, -0.1) is 11.8 Å². The van der Waals surface area contributed by atoms with Crippen LogP contribution >= 0.6 is 11.8 Å². The number of hydrogen-bond donors (Lipinski definition) is 0. The van der Waals surface area contributed by atoms with Crippen LogP contribution in [0.25, 0.3) is 0 Å². The van der Waals surface area contributed by atoms with E-state index in [-0.39, 0.29) is 36.6 Å². The van der Waals surface area contributed by atoms with Gasteiger partial charge in [0.15, 0.2) is 0 Å². The number of cyclic esters (lactones) is 1. The van der Waals surface area contributed by atoms with Gasteiger partial charge in [0, 0.05) is 24.0 Å². The Labute approximate surface area is 169 Å². The average molecular weight is 404 g/mol. The molecule has 0 aliphatic carbocycles. The van der Waals surface area contributed by atoms with Crippen LogP contribution in [0.2, 0.25) is 0 Å². The number of fused-ring (bicyclic) bond motifs is 1. The molecule has 0 saturated carbocycles. The monoisotopic (exact) mass is 403 g/mol. The molecule has 3 aliphatic rings. The molecule has 0 bridgehead atoms. The van der Waals surface area contributed by atoms with Crippen molar-refractivity contribution in [3.05, 3.63) is 24.3 Å². The van der Waals surface area contributed by atoms with Crippen LogP contribution in [0.15, 0.2) is 29.2 Å². The lowest BCUT2D eigenvalue weighted by Gasteiger charge is -2.37. The Morgan fingerprint density at radius 1 is 1.21 bits per heavy atom. The van der Waals surface area contributed by atoms with E-state index in [1.165, 1.54) is 11.8 Å². The van der Waals surface area contributed by atoms with E-state index in [0.29, 0.717) is 25.4 Å². The molecule has 4 rings (SSSR count). The van der Waals surface area contributed by atoms with Gasteiger partial charge in [-0.3, -0.25) is 9.59 Å². The summed E-state index contributed by atoms with van der Waals surface area (Å²) in [5.41, 5.74) is 0.817. The first kappa shape index (κ1) is 19.1. The van der Waals surface area contributed by atoms with Crippen LogP contribution < -0.4 is 4.90 Å². The number of carbonyl (C=O) groups is 3. The molecule has 1 aromatic rings. The lowest BCUT2D eigenvalue weighted by Crippen LogP contribution is -2.50. The molecule has 28 heavy (non-hydrogen) atoms. The zero-order chi connectivity index (χ0) is 19.7. The van der Waals surface area contributed by atoms with Crippen molar-refractivity contribution in [3.8, 4) is 0 Å². The molecule has 3 aliphatic heterocycles. The van der Waals surface area contributed by atoms with Crippen molar-refractivity contribution in [1.82, 2.24) is 9.80 Å². The zero-order valence-electron chi connectivity index (χ0n) is 16.0. The van der Waals surface area contributed by atoms with Crippen LogP contribution in [0.1, 0.15) is 26.2 Å². The molecule has 0 N–H and O–H groups in total. The maximum atomic E-state index is 12.8. The second kappa shape index (κ2) is 8.03. The molecular weight excluding hydrogens is 378 g/mol. The van der Waals surface area contributed by atoms with Gasteiger partial charge in [0.1, 0.15) is 12.6 Å². The number of piperidine rings is 1. The number of thioether (sulfide) groups is 1. The average Bonchev–Trinajstić information content (AvgIpc) is 3.11. The third-order valence-electron chi connectivity index (χ3n) is 5.72. The van der Waals surface area contributed by atoms with Crippen LogP contribution in [0.5, 0.6) is 0 Å². The van der Waals surface area contributed by atoms with Crippen molar-refractivity contribution >= 4 is 35.4 Å². The maximum Gasteiger partial charge on any atom is 0.410 e. The van der Waals surface area contributed by atoms with Crippen molar-refractivity contribution < 1.29 is 19.1 Å². The molecule has 3 amide bonds. The lowest BCUT2D eigenvalue weighted by atomic mass is 10.0. The van der Waals surface area contributed by atoms with Crippen LogP contribution in [-0.2, 0) is 14.3 Å². The summed E-state index contributed by atoms with van der Waals surface area (Å²) in [5.74, 6) is 0.295. The van der Waals surface area contributed by atoms with Crippen molar-refractivity contribution in [2.45, 2.75) is 43.2 Å². The van der Waals surface area contributed by atoms with Crippen molar-refractivity contribution in [2.75, 3.05) is 36.8 Å². The van der Waals surface area contributed by atoms with Gasteiger partial charge in [-0.05, 0) is 31.4 Å². The van der Waals surface area contributed by atoms with E-state index >= 15 is 0 Å². The fourth-order valence-electron chi connectivity index (χ4n) is 4.04. The number of rotatable bonds is 4. The Bertz CT molecular complexity index is 778. The molecule has 2 saturated heterocycles. The summed E-state index contributed by atoms with van der Waals surface area (Å²) in [7, 11) is 0. The molecule has 0 aromatic heterocycles. The molecule has 0 spiro atoms. The summed E-state index contributed by atoms with van der Waals surface area (Å²) in [4.78, 5) is 43.5. The Morgan fingerprint density at radius 2 is 1.96 bits per heavy atom. The van der Waals surface area contributed by atoms with Crippen molar-refractivity contribution in [1.29, 1.82) is 0 Å². The highest BCUT2D eigenvalue weighted by atomic mass is 32.2. The first-order valence-corrected chi connectivity index (χ1v) is 10.8. The summed E-state index contributed by atoms with van der Waals surface area (Å²) in [6, 6.07) is 7.83. The second-order valence-electron chi connectivity index (χ2n) is 7.41. The first-order valence-electron chi connectivity index (χ1n) is 9.84. The smallest absolute Gasteiger partial charge is 0.410 e. The molecule has 2 fully saturated rings. The number of nitrogens with zero attached hydrogens (tertiary/aromatic N) is 3. The highest BCUT2D eigenvalue weighted by molar-refractivity contribution is 8.00. The molecule has 8 heteroatoms. The minimum atomic E-state index is -0.232. The Kier molecular flexibility index (Phi) is 5.48. The number of carbonyl (C=O) groups excluding carboxylic acids is 3. The van der Waals surface area contributed by atoms with Gasteiger partial charge >= 0.3 is 6.09 Å². The number of hydrogen-bond acceptors (Lipinski definition) is 5. The predicted octanol–water partition coefficient (Wildman–Crippen LogP) is 2.35. The number of amides is 3. The SMILES string of the molecule is CCC1CN(C2CCN(C(=O)CN3C(=O)CSc4ccccc43)CC2)C(=O)O1. The van der Waals surface area contributed by atoms with Crippen LogP contribution in [0, 0.1) is 0 Å². The van der Waals surface area contributed by atoms with E-state index in [1.807, 2.05) is 41.0 Å². The minimum absolute atomic E-state index is 0.0183. The second-order valence-corrected chi connectivity index (χ2v) is 8.43. The molecule has 1 atom stereocenters. The number of anilines is 1. The number of para-hydroxylation sites is 1. The summed E-state index contributed by atoms with van der Waals surface area (Å²) >= 11 is 1.51. The van der Waals surface area contributed by atoms with Crippen LogP contribution in [0.4, 0.5) is 10.5 Å². The Hall–Kier alpha value is -2.22. The first-order chi connectivity index (χ1) is 13.6. The molecule has 1 aromatic carbocycles. The highest BCUT2D eigenvalue weighted by Gasteiger charge is 2.37. The minimum Gasteiger partial charge on any atom is -0.444 e. The summed E-state index contributed by atoms with van der Waals surface area (Å²) < 4.78 is 5.36. The van der Waals surface area contributed by atoms with Crippen molar-refractivity contribution in [2.24, 2.45) is 0 Å². The molecule has 0 radical (unpaired) electrons. The number of likely N-dealkylation sites (tertiary alicyclic amines) is 1. The number of benzene rings is 1. The number of ether oxygens (including phenoxy) is 1. The van der Waals surface area contributed by atoms with E-state index in [2.05, 4.69) is 0 Å². The molecular formula is C20H25N3O4S. The van der Waals surface area contributed by atoms with Gasteiger partial charge in [0.2, 0.25) is 11.8 Å². The Balaban J connectivity index is 1.35. The maximum absolute atomic E-state index is 12.8. The fraction of sp³-hybridized carbons (Fsp3) is 0.550. The van der Waals surface area contributed by atoms with E-state index < -0.39 is 0 Å². The third kappa shape index (κ3) is 3.70. The van der Waals surface area contributed by atoms with E-state index in [0.717, 1.165) is 29.8 Å². The van der Waals surface area contributed by atoms with E-state index in [1.54, 1.807) is 4.90 Å². The fourth-order valence-corrected chi connectivity index (χ4v) is 4.98. The van der Waals surface area contributed by atoms with Crippen LogP contribution in [0.3, 0.4) is 0 Å². The summed E-state index contributed by atoms with van der Waals surface area (Å²) in [5, 5.41) is 0. The topological polar surface area (TPSA) is 70.2 Å². The molecule has 3 heterocycles. The van der Waals surface area contributed by atoms with Gasteiger partial charge < -0.3 is 19.4 Å².